The van der Waals surface area contributed by atoms with Gasteiger partial charge in [0.2, 0.25) is 0 Å². The van der Waals surface area contributed by atoms with Crippen molar-refractivity contribution in [3.63, 3.8) is 0 Å². The van der Waals surface area contributed by atoms with Crippen molar-refractivity contribution in [3.05, 3.63) is 113 Å². The van der Waals surface area contributed by atoms with E-state index in [1.165, 1.54) is 0 Å². The third-order valence-corrected chi connectivity index (χ3v) is 7.59. The fourth-order valence-corrected chi connectivity index (χ4v) is 5.64. The van der Waals surface area contributed by atoms with Crippen LogP contribution in [0, 0.1) is 0 Å². The summed E-state index contributed by atoms with van der Waals surface area (Å²) < 4.78 is 41.7. The zero-order chi connectivity index (χ0) is 28.3. The first kappa shape index (κ1) is 27.6. The first-order valence-electron chi connectivity index (χ1n) is 13.0. The number of rotatable bonds is 6. The van der Waals surface area contributed by atoms with Crippen molar-refractivity contribution in [3.8, 4) is 0 Å². The maximum Gasteiger partial charge on any atom is 0.471 e. The van der Waals surface area contributed by atoms with Crippen LogP contribution in [0.1, 0.15) is 34.3 Å². The fourth-order valence-electron chi connectivity index (χ4n) is 5.45. The summed E-state index contributed by atoms with van der Waals surface area (Å²) in [6, 6.07) is 23.8. The predicted octanol–water partition coefficient (Wildman–Crippen LogP) is 6.70. The molecular formula is C31H27ClF3N3O2. The number of alkyl halides is 3. The minimum Gasteiger partial charge on any atom is -0.335 e. The molecule has 0 bridgehead atoms. The number of carbonyl (C=O) groups is 2. The maximum atomic E-state index is 13.9. The number of likely N-dealkylation sites (tertiary alicyclic amines) is 1. The first-order chi connectivity index (χ1) is 19.2. The highest BCUT2D eigenvalue weighted by molar-refractivity contribution is 6.31. The van der Waals surface area contributed by atoms with E-state index in [0.717, 1.165) is 10.5 Å². The van der Waals surface area contributed by atoms with Crippen LogP contribution in [0.25, 0.3) is 10.9 Å². The van der Waals surface area contributed by atoms with Gasteiger partial charge in [-0.1, -0.05) is 66.2 Å². The summed E-state index contributed by atoms with van der Waals surface area (Å²) >= 11 is 6.13. The van der Waals surface area contributed by atoms with Gasteiger partial charge in [-0.3, -0.25) is 14.6 Å². The summed E-state index contributed by atoms with van der Waals surface area (Å²) in [5.41, 5.74) is 2.59. The number of benzene rings is 3. The highest BCUT2D eigenvalue weighted by Gasteiger charge is 2.46. The Kier molecular flexibility index (Phi) is 8.07. The molecule has 1 saturated heterocycles. The highest BCUT2D eigenvalue weighted by atomic mass is 35.5. The largest absolute Gasteiger partial charge is 0.471 e. The molecule has 2 atom stereocenters. The van der Waals surface area contributed by atoms with Crippen molar-refractivity contribution in [1.29, 1.82) is 0 Å². The minimum atomic E-state index is -5.04. The van der Waals surface area contributed by atoms with E-state index in [-0.39, 0.29) is 31.8 Å². The Morgan fingerprint density at radius 1 is 0.975 bits per heavy atom. The number of fused-ring (bicyclic) bond motifs is 1. The summed E-state index contributed by atoms with van der Waals surface area (Å²) in [6.07, 6.45) is -2.64. The number of pyridine rings is 1. The zero-order valence-electron chi connectivity index (χ0n) is 21.5. The van der Waals surface area contributed by atoms with Crippen LogP contribution in [0.5, 0.6) is 0 Å². The van der Waals surface area contributed by atoms with Crippen LogP contribution in [-0.2, 0) is 17.8 Å². The number of para-hydroxylation sites is 1. The van der Waals surface area contributed by atoms with Gasteiger partial charge in [0.05, 0.1) is 5.52 Å². The number of hydrogen-bond acceptors (Lipinski definition) is 3. The molecule has 2 amide bonds. The molecule has 0 unspecified atom stereocenters. The Bertz CT molecular complexity index is 1510. The van der Waals surface area contributed by atoms with Crippen LogP contribution < -0.4 is 0 Å². The minimum absolute atomic E-state index is 0.200. The second-order valence-electron chi connectivity index (χ2n) is 9.95. The number of hydrogen-bond donors (Lipinski definition) is 0. The van der Waals surface area contributed by atoms with Gasteiger partial charge in [-0.15, -0.1) is 0 Å². The molecule has 40 heavy (non-hydrogen) atoms. The van der Waals surface area contributed by atoms with Crippen LogP contribution in [0.4, 0.5) is 13.2 Å². The highest BCUT2D eigenvalue weighted by Crippen LogP contribution is 2.32. The van der Waals surface area contributed by atoms with Gasteiger partial charge >= 0.3 is 12.1 Å². The van der Waals surface area contributed by atoms with Crippen molar-refractivity contribution < 1.29 is 22.8 Å². The molecule has 4 aromatic rings. The van der Waals surface area contributed by atoms with E-state index in [2.05, 4.69) is 4.98 Å². The van der Waals surface area contributed by atoms with Crippen molar-refractivity contribution in [2.45, 2.75) is 44.1 Å². The van der Waals surface area contributed by atoms with E-state index in [9.17, 15) is 22.8 Å². The molecule has 2 heterocycles. The van der Waals surface area contributed by atoms with E-state index in [0.29, 0.717) is 33.5 Å². The van der Waals surface area contributed by atoms with Crippen molar-refractivity contribution in [2.75, 3.05) is 6.54 Å². The molecule has 206 valence electrons. The van der Waals surface area contributed by atoms with Gasteiger partial charge in [-0.2, -0.15) is 13.2 Å². The summed E-state index contributed by atoms with van der Waals surface area (Å²) in [6.45, 7) is -0.0153. The van der Waals surface area contributed by atoms with Gasteiger partial charge in [0, 0.05) is 47.3 Å². The molecule has 5 nitrogen and oxygen atoms in total. The number of halogens is 4. The summed E-state index contributed by atoms with van der Waals surface area (Å²) in [5.74, 6) is -2.12. The van der Waals surface area contributed by atoms with Crippen LogP contribution in [0.3, 0.4) is 0 Å². The lowest BCUT2D eigenvalue weighted by molar-refractivity contribution is -0.189. The molecule has 0 aliphatic carbocycles. The molecular weight excluding hydrogens is 539 g/mol. The fraction of sp³-hybridized carbons (Fsp3) is 0.258. The molecule has 1 aromatic heterocycles. The van der Waals surface area contributed by atoms with Gasteiger partial charge in [-0.25, -0.2) is 0 Å². The zero-order valence-corrected chi connectivity index (χ0v) is 22.3. The lowest BCUT2D eigenvalue weighted by Crippen LogP contribution is -2.55. The van der Waals surface area contributed by atoms with Gasteiger partial charge in [0.15, 0.2) is 0 Å². The molecule has 0 radical (unpaired) electrons. The molecule has 5 rings (SSSR count). The molecule has 0 N–H and O–H groups in total. The molecule has 1 aliphatic rings. The van der Waals surface area contributed by atoms with Gasteiger partial charge in [-0.05, 0) is 60.7 Å². The Labute approximate surface area is 235 Å². The summed E-state index contributed by atoms with van der Waals surface area (Å²) in [5, 5.41) is 1.12. The molecule has 9 heteroatoms. The summed E-state index contributed by atoms with van der Waals surface area (Å²) in [4.78, 5) is 33.3. The maximum absolute atomic E-state index is 13.9. The van der Waals surface area contributed by atoms with Crippen LogP contribution >= 0.6 is 11.6 Å². The van der Waals surface area contributed by atoms with Crippen molar-refractivity contribution in [1.82, 2.24) is 14.8 Å². The summed E-state index contributed by atoms with van der Waals surface area (Å²) in [7, 11) is 0. The Hall–Kier alpha value is -3.91. The van der Waals surface area contributed by atoms with Crippen LogP contribution in [-0.4, -0.2) is 51.4 Å². The van der Waals surface area contributed by atoms with E-state index in [1.807, 2.05) is 30.3 Å². The van der Waals surface area contributed by atoms with E-state index < -0.39 is 24.2 Å². The monoisotopic (exact) mass is 565 g/mol. The Balaban J connectivity index is 1.48. The van der Waals surface area contributed by atoms with E-state index >= 15 is 0 Å². The van der Waals surface area contributed by atoms with Crippen LogP contribution in [0.15, 0.2) is 91.1 Å². The van der Waals surface area contributed by atoms with Crippen LogP contribution in [0.2, 0.25) is 5.02 Å². The number of nitrogens with zero attached hydrogens (tertiary/aromatic N) is 3. The standard InChI is InChI=1S/C31H27ClF3N3O2/c32-24-10-6-9-22(18-24)29(39)37-16-14-25(19-26(37)17-21-7-2-1-3-8-21)38(30(40)31(33,34)35)20-23-13-15-36-28-12-5-4-11-27(23)28/h1-13,15,18,25-26H,14,16-17,19-20H2/t25-,26+/m0/s1. The average Bonchev–Trinajstić information content (AvgIpc) is 2.95. The third kappa shape index (κ3) is 6.12. The van der Waals surface area contributed by atoms with Crippen molar-refractivity contribution in [2.24, 2.45) is 0 Å². The molecule has 1 aliphatic heterocycles. The first-order valence-corrected chi connectivity index (χ1v) is 13.4. The molecule has 3 aromatic carbocycles. The SMILES string of the molecule is O=C(c1cccc(Cl)c1)N1CC[C@H](N(Cc2ccnc3ccccc23)C(=O)C(F)(F)F)C[C@H]1Cc1ccccc1. The lowest BCUT2D eigenvalue weighted by Gasteiger charge is -2.44. The number of aromatic nitrogens is 1. The van der Waals surface area contributed by atoms with E-state index in [1.54, 1.807) is 65.7 Å². The average molecular weight is 566 g/mol. The quantitative estimate of drug-likeness (QED) is 0.262. The third-order valence-electron chi connectivity index (χ3n) is 7.36. The second kappa shape index (κ2) is 11.7. The molecule has 0 saturated carbocycles. The van der Waals surface area contributed by atoms with Crippen molar-refractivity contribution >= 4 is 34.3 Å². The lowest BCUT2D eigenvalue weighted by atomic mass is 9.90. The smallest absolute Gasteiger partial charge is 0.335 e. The van der Waals surface area contributed by atoms with E-state index in [4.69, 9.17) is 11.6 Å². The normalized spacial score (nSPS) is 17.6. The number of carbonyl (C=O) groups excluding carboxylic acids is 2. The van der Waals surface area contributed by atoms with Gasteiger partial charge in [0.25, 0.3) is 5.91 Å². The predicted molar refractivity (Wildman–Crippen MR) is 148 cm³/mol. The molecule has 0 spiro atoms. The number of amides is 2. The number of piperidine rings is 1. The Morgan fingerprint density at radius 2 is 1.73 bits per heavy atom. The second-order valence-corrected chi connectivity index (χ2v) is 10.4. The van der Waals surface area contributed by atoms with Gasteiger partial charge < -0.3 is 9.80 Å². The molecule has 1 fully saturated rings. The Morgan fingerprint density at radius 3 is 2.48 bits per heavy atom. The topological polar surface area (TPSA) is 53.5 Å². The van der Waals surface area contributed by atoms with Gasteiger partial charge in [0.1, 0.15) is 0 Å².